The summed E-state index contributed by atoms with van der Waals surface area (Å²) >= 11 is 6.04. The summed E-state index contributed by atoms with van der Waals surface area (Å²) < 4.78 is 5.06. The maximum absolute atomic E-state index is 12.4. The molecule has 2 rings (SSSR count). The molecule has 148 valence electrons. The van der Waals surface area contributed by atoms with E-state index in [-0.39, 0.29) is 24.3 Å². The van der Waals surface area contributed by atoms with Crippen molar-refractivity contribution in [3.63, 3.8) is 0 Å². The van der Waals surface area contributed by atoms with Crippen LogP contribution < -0.4 is 5.32 Å². The summed E-state index contributed by atoms with van der Waals surface area (Å²) in [4.78, 5) is 24.3. The molecule has 0 saturated heterocycles. The summed E-state index contributed by atoms with van der Waals surface area (Å²) in [5.41, 5.74) is 3.63. The van der Waals surface area contributed by atoms with Gasteiger partial charge < -0.3 is 10.1 Å². The van der Waals surface area contributed by atoms with Crippen LogP contribution in [0.4, 0.5) is 5.69 Å². The van der Waals surface area contributed by atoms with Crippen LogP contribution >= 0.6 is 11.6 Å². The van der Waals surface area contributed by atoms with E-state index in [1.165, 1.54) is 6.08 Å². The average Bonchev–Trinajstić information content (AvgIpc) is 2.65. The molecule has 4 nitrogen and oxygen atoms in total. The largest absolute Gasteiger partial charge is 0.452 e. The lowest BCUT2D eigenvalue weighted by Crippen LogP contribution is -2.22. The smallest absolute Gasteiger partial charge is 0.331 e. The summed E-state index contributed by atoms with van der Waals surface area (Å²) in [6, 6.07) is 13.2. The first-order valence-corrected chi connectivity index (χ1v) is 9.69. The SMILES string of the molecule is CC(C)c1cccc(C(C)C)c1NC(=O)COC(=O)/C=C/c1ccccc1Cl. The van der Waals surface area contributed by atoms with Crippen molar-refractivity contribution in [2.75, 3.05) is 11.9 Å². The molecule has 0 fully saturated rings. The van der Waals surface area contributed by atoms with E-state index >= 15 is 0 Å². The molecule has 0 aliphatic rings. The molecule has 0 aliphatic heterocycles. The van der Waals surface area contributed by atoms with Crippen LogP contribution in [0.3, 0.4) is 0 Å². The Hall–Kier alpha value is -2.59. The van der Waals surface area contributed by atoms with Crippen molar-refractivity contribution >= 4 is 35.2 Å². The highest BCUT2D eigenvalue weighted by atomic mass is 35.5. The van der Waals surface area contributed by atoms with Crippen molar-refractivity contribution in [3.8, 4) is 0 Å². The zero-order chi connectivity index (χ0) is 20.7. The van der Waals surface area contributed by atoms with Crippen LogP contribution in [0.25, 0.3) is 6.08 Å². The van der Waals surface area contributed by atoms with Gasteiger partial charge in [0.25, 0.3) is 5.91 Å². The number of carbonyl (C=O) groups excluding carboxylic acids is 2. The highest BCUT2D eigenvalue weighted by molar-refractivity contribution is 6.32. The molecule has 0 unspecified atom stereocenters. The second kappa shape index (κ2) is 10.1. The number of hydrogen-bond acceptors (Lipinski definition) is 3. The Morgan fingerprint density at radius 1 is 1.00 bits per heavy atom. The number of amides is 1. The van der Waals surface area contributed by atoms with Crippen molar-refractivity contribution in [1.29, 1.82) is 0 Å². The van der Waals surface area contributed by atoms with Crippen molar-refractivity contribution in [2.45, 2.75) is 39.5 Å². The quantitative estimate of drug-likeness (QED) is 0.474. The number of anilines is 1. The normalized spacial score (nSPS) is 11.2. The summed E-state index contributed by atoms with van der Waals surface area (Å²) in [5, 5.41) is 3.46. The molecular formula is C23H26ClNO3. The van der Waals surface area contributed by atoms with E-state index in [1.807, 2.05) is 30.3 Å². The number of benzene rings is 2. The van der Waals surface area contributed by atoms with Gasteiger partial charge in [0.2, 0.25) is 0 Å². The second-order valence-corrected chi connectivity index (χ2v) is 7.54. The predicted octanol–water partition coefficient (Wildman–Crippen LogP) is 5.78. The summed E-state index contributed by atoms with van der Waals surface area (Å²) in [6.45, 7) is 7.96. The van der Waals surface area contributed by atoms with Crippen LogP contribution in [-0.4, -0.2) is 18.5 Å². The van der Waals surface area contributed by atoms with Crippen LogP contribution in [0.1, 0.15) is 56.2 Å². The van der Waals surface area contributed by atoms with E-state index in [2.05, 4.69) is 33.0 Å². The van der Waals surface area contributed by atoms with Crippen LogP contribution in [0, 0.1) is 0 Å². The fourth-order valence-corrected chi connectivity index (χ4v) is 3.02. The highest BCUT2D eigenvalue weighted by Crippen LogP contribution is 2.32. The van der Waals surface area contributed by atoms with Gasteiger partial charge in [0, 0.05) is 16.8 Å². The van der Waals surface area contributed by atoms with Crippen LogP contribution in [0.5, 0.6) is 0 Å². The Labute approximate surface area is 171 Å². The molecule has 2 aromatic carbocycles. The Kier molecular flexibility index (Phi) is 7.82. The van der Waals surface area contributed by atoms with Crippen molar-refractivity contribution in [2.24, 2.45) is 0 Å². The maximum Gasteiger partial charge on any atom is 0.331 e. The van der Waals surface area contributed by atoms with Gasteiger partial charge in [0.1, 0.15) is 0 Å². The summed E-state index contributed by atoms with van der Waals surface area (Å²) in [6.07, 6.45) is 2.82. The van der Waals surface area contributed by atoms with Gasteiger partial charge in [0.15, 0.2) is 6.61 Å². The van der Waals surface area contributed by atoms with Gasteiger partial charge in [-0.25, -0.2) is 4.79 Å². The van der Waals surface area contributed by atoms with Gasteiger partial charge in [-0.3, -0.25) is 4.79 Å². The van der Waals surface area contributed by atoms with Gasteiger partial charge in [0.05, 0.1) is 0 Å². The molecule has 0 aliphatic carbocycles. The summed E-state index contributed by atoms with van der Waals surface area (Å²) in [7, 11) is 0. The Morgan fingerprint density at radius 2 is 1.61 bits per heavy atom. The zero-order valence-corrected chi connectivity index (χ0v) is 17.4. The topological polar surface area (TPSA) is 55.4 Å². The number of ether oxygens (including phenoxy) is 1. The lowest BCUT2D eigenvalue weighted by atomic mass is 9.92. The molecule has 0 saturated carbocycles. The Bertz CT molecular complexity index is 846. The monoisotopic (exact) mass is 399 g/mol. The third kappa shape index (κ3) is 5.96. The maximum atomic E-state index is 12.4. The minimum absolute atomic E-state index is 0.259. The number of halogens is 1. The van der Waals surface area contributed by atoms with E-state index in [1.54, 1.807) is 18.2 Å². The predicted molar refractivity (Wildman–Crippen MR) is 115 cm³/mol. The van der Waals surface area contributed by atoms with E-state index < -0.39 is 5.97 Å². The molecule has 0 heterocycles. The molecule has 5 heteroatoms. The first-order chi connectivity index (χ1) is 13.3. The number of para-hydroxylation sites is 1. The lowest BCUT2D eigenvalue weighted by molar-refractivity contribution is -0.142. The van der Waals surface area contributed by atoms with Crippen LogP contribution in [-0.2, 0) is 14.3 Å². The fraction of sp³-hybridized carbons (Fsp3) is 0.304. The van der Waals surface area contributed by atoms with Crippen molar-refractivity contribution < 1.29 is 14.3 Å². The van der Waals surface area contributed by atoms with Gasteiger partial charge >= 0.3 is 5.97 Å². The number of carbonyl (C=O) groups is 2. The zero-order valence-electron chi connectivity index (χ0n) is 16.7. The molecule has 0 bridgehead atoms. The van der Waals surface area contributed by atoms with Gasteiger partial charge in [-0.05, 0) is 40.7 Å². The van der Waals surface area contributed by atoms with Crippen molar-refractivity contribution in [3.05, 3.63) is 70.3 Å². The first kappa shape index (κ1) is 21.7. The molecule has 0 atom stereocenters. The third-order valence-corrected chi connectivity index (χ3v) is 4.63. The van der Waals surface area contributed by atoms with Crippen LogP contribution in [0.15, 0.2) is 48.5 Å². The molecule has 0 radical (unpaired) electrons. The Balaban J connectivity index is 2.01. The lowest BCUT2D eigenvalue weighted by Gasteiger charge is -2.20. The Morgan fingerprint density at radius 3 is 2.18 bits per heavy atom. The molecule has 2 aromatic rings. The van der Waals surface area contributed by atoms with Gasteiger partial charge in [-0.15, -0.1) is 0 Å². The van der Waals surface area contributed by atoms with Crippen molar-refractivity contribution in [1.82, 2.24) is 0 Å². The van der Waals surface area contributed by atoms with E-state index in [0.29, 0.717) is 10.6 Å². The second-order valence-electron chi connectivity index (χ2n) is 7.13. The van der Waals surface area contributed by atoms with Gasteiger partial charge in [-0.1, -0.05) is 75.7 Å². The highest BCUT2D eigenvalue weighted by Gasteiger charge is 2.16. The standard InChI is InChI=1S/C23H26ClNO3/c1-15(2)18-9-7-10-19(16(3)4)23(18)25-21(26)14-28-22(27)13-12-17-8-5-6-11-20(17)24/h5-13,15-16H,14H2,1-4H3,(H,25,26)/b13-12+. The molecule has 28 heavy (non-hydrogen) atoms. The molecule has 1 N–H and O–H groups in total. The molecule has 1 amide bonds. The fourth-order valence-electron chi connectivity index (χ4n) is 2.82. The minimum atomic E-state index is -0.601. The van der Waals surface area contributed by atoms with E-state index in [4.69, 9.17) is 16.3 Å². The van der Waals surface area contributed by atoms with E-state index in [9.17, 15) is 9.59 Å². The number of hydrogen-bond donors (Lipinski definition) is 1. The number of nitrogens with one attached hydrogen (secondary N) is 1. The first-order valence-electron chi connectivity index (χ1n) is 9.31. The number of rotatable bonds is 7. The average molecular weight is 400 g/mol. The summed E-state index contributed by atoms with van der Waals surface area (Å²) in [5.74, 6) is -0.448. The molecule has 0 aromatic heterocycles. The minimum Gasteiger partial charge on any atom is -0.452 e. The molecular weight excluding hydrogens is 374 g/mol. The molecule has 0 spiro atoms. The number of esters is 1. The van der Waals surface area contributed by atoms with Crippen LogP contribution in [0.2, 0.25) is 5.02 Å². The third-order valence-electron chi connectivity index (χ3n) is 4.29. The van der Waals surface area contributed by atoms with E-state index in [0.717, 1.165) is 16.8 Å². The van der Waals surface area contributed by atoms with Gasteiger partial charge in [-0.2, -0.15) is 0 Å².